The second-order valence-electron chi connectivity index (χ2n) is 10.5. The van der Waals surface area contributed by atoms with Crippen LogP contribution in [-0.4, -0.2) is 56.2 Å². The molecule has 3 fully saturated rings. The summed E-state index contributed by atoms with van der Waals surface area (Å²) in [5.41, 5.74) is 1.98. The summed E-state index contributed by atoms with van der Waals surface area (Å²) in [7, 11) is 1.75. The van der Waals surface area contributed by atoms with Crippen LogP contribution >= 0.6 is 0 Å². The standard InChI is InChI=1S/C30H35N3O2/c1-35-29-9-5-4-8-28(29)33-14-12-32(13-15-33)27-19-24-17-26(18-25(24)20-27)31-30(34)23-11-10-21-6-2-3-7-22(21)16-23/h2-11,16,24-27H,12-15,17-20H2,1H3,(H,31,34). The number of piperazine rings is 1. The fourth-order valence-electron chi connectivity index (χ4n) is 6.82. The minimum atomic E-state index is 0.0738. The van der Waals surface area contributed by atoms with Gasteiger partial charge in [0.2, 0.25) is 0 Å². The summed E-state index contributed by atoms with van der Waals surface area (Å²) in [6, 6.07) is 23.6. The van der Waals surface area contributed by atoms with Crippen LogP contribution in [0.4, 0.5) is 5.69 Å². The highest BCUT2D eigenvalue weighted by Gasteiger charge is 2.44. The third-order valence-electron chi connectivity index (χ3n) is 8.59. The van der Waals surface area contributed by atoms with Crippen molar-refractivity contribution in [3.63, 3.8) is 0 Å². The van der Waals surface area contributed by atoms with Crippen molar-refractivity contribution in [2.45, 2.75) is 37.8 Å². The summed E-state index contributed by atoms with van der Waals surface area (Å²) in [5.74, 6) is 2.53. The monoisotopic (exact) mass is 469 g/mol. The molecule has 2 atom stereocenters. The topological polar surface area (TPSA) is 44.8 Å². The SMILES string of the molecule is COc1ccccc1N1CCN(C2CC3CC(NC(=O)c4ccc5ccccc5c4)CC3C2)CC1. The molecule has 0 radical (unpaired) electrons. The number of carbonyl (C=O) groups is 1. The van der Waals surface area contributed by atoms with Gasteiger partial charge < -0.3 is 15.0 Å². The van der Waals surface area contributed by atoms with Crippen LogP contribution in [0.15, 0.2) is 66.7 Å². The molecule has 3 aromatic rings. The summed E-state index contributed by atoms with van der Waals surface area (Å²) in [6.45, 7) is 4.34. The third-order valence-corrected chi connectivity index (χ3v) is 8.59. The van der Waals surface area contributed by atoms with E-state index in [0.29, 0.717) is 12.1 Å². The number of para-hydroxylation sites is 2. The largest absolute Gasteiger partial charge is 0.495 e. The van der Waals surface area contributed by atoms with Crippen LogP contribution in [0, 0.1) is 11.8 Å². The van der Waals surface area contributed by atoms with Crippen molar-refractivity contribution in [1.29, 1.82) is 0 Å². The molecule has 0 bridgehead atoms. The van der Waals surface area contributed by atoms with E-state index in [1.165, 1.54) is 23.9 Å². The van der Waals surface area contributed by atoms with Crippen molar-refractivity contribution in [2.24, 2.45) is 11.8 Å². The summed E-state index contributed by atoms with van der Waals surface area (Å²) >= 11 is 0. The molecule has 2 saturated carbocycles. The van der Waals surface area contributed by atoms with Crippen molar-refractivity contribution in [1.82, 2.24) is 10.2 Å². The van der Waals surface area contributed by atoms with Crippen LogP contribution in [-0.2, 0) is 0 Å². The highest BCUT2D eigenvalue weighted by atomic mass is 16.5. The van der Waals surface area contributed by atoms with Crippen molar-refractivity contribution < 1.29 is 9.53 Å². The molecule has 2 aliphatic carbocycles. The number of benzene rings is 3. The van der Waals surface area contributed by atoms with E-state index in [9.17, 15) is 4.79 Å². The number of carbonyl (C=O) groups excluding carboxylic acids is 1. The van der Waals surface area contributed by atoms with Gasteiger partial charge in [-0.1, -0.05) is 42.5 Å². The maximum atomic E-state index is 12.9. The Labute approximate surface area is 208 Å². The molecule has 1 N–H and O–H groups in total. The molecule has 1 amide bonds. The molecular weight excluding hydrogens is 434 g/mol. The Morgan fingerprint density at radius 3 is 2.26 bits per heavy atom. The van der Waals surface area contributed by atoms with E-state index in [0.717, 1.165) is 67.6 Å². The molecule has 0 spiro atoms. The van der Waals surface area contributed by atoms with Gasteiger partial charge in [-0.15, -0.1) is 0 Å². The molecule has 1 saturated heterocycles. The number of rotatable bonds is 5. The first kappa shape index (κ1) is 22.4. The molecule has 0 aromatic heterocycles. The number of nitrogens with zero attached hydrogens (tertiary/aromatic N) is 2. The van der Waals surface area contributed by atoms with Gasteiger partial charge in [-0.05, 0) is 72.6 Å². The minimum Gasteiger partial charge on any atom is -0.495 e. The van der Waals surface area contributed by atoms with Crippen LogP contribution in [0.3, 0.4) is 0 Å². The average molecular weight is 470 g/mol. The van der Waals surface area contributed by atoms with E-state index < -0.39 is 0 Å². The molecule has 3 aromatic carbocycles. The van der Waals surface area contributed by atoms with E-state index in [-0.39, 0.29) is 5.91 Å². The first-order chi connectivity index (χ1) is 17.2. The predicted molar refractivity (Wildman–Crippen MR) is 141 cm³/mol. The molecular formula is C30H35N3O2. The fraction of sp³-hybridized carbons (Fsp3) is 0.433. The number of fused-ring (bicyclic) bond motifs is 2. The lowest BCUT2D eigenvalue weighted by molar-refractivity contribution is 0.0935. The number of hydrogen-bond acceptors (Lipinski definition) is 4. The maximum absolute atomic E-state index is 12.9. The van der Waals surface area contributed by atoms with Gasteiger partial charge in [-0.25, -0.2) is 0 Å². The average Bonchev–Trinajstić information content (AvgIpc) is 3.47. The molecule has 2 unspecified atom stereocenters. The zero-order chi connectivity index (χ0) is 23.8. The predicted octanol–water partition coefficient (Wildman–Crippen LogP) is 4.96. The fourth-order valence-corrected chi connectivity index (χ4v) is 6.82. The summed E-state index contributed by atoms with van der Waals surface area (Å²) in [5, 5.41) is 5.64. The number of anilines is 1. The zero-order valence-electron chi connectivity index (χ0n) is 20.5. The summed E-state index contributed by atoms with van der Waals surface area (Å²) in [6.07, 6.45) is 4.81. The van der Waals surface area contributed by atoms with Crippen LogP contribution in [0.5, 0.6) is 5.75 Å². The van der Waals surface area contributed by atoms with Crippen molar-refractivity contribution in [3.8, 4) is 5.75 Å². The molecule has 1 aliphatic heterocycles. The number of hydrogen-bond donors (Lipinski definition) is 1. The first-order valence-corrected chi connectivity index (χ1v) is 13.1. The van der Waals surface area contributed by atoms with Crippen molar-refractivity contribution in [3.05, 3.63) is 72.3 Å². The Kier molecular flexibility index (Phi) is 6.11. The van der Waals surface area contributed by atoms with Gasteiger partial charge in [-0.2, -0.15) is 0 Å². The molecule has 5 nitrogen and oxygen atoms in total. The minimum absolute atomic E-state index is 0.0738. The Bertz CT molecular complexity index is 1190. The molecule has 3 aliphatic rings. The summed E-state index contributed by atoms with van der Waals surface area (Å²) in [4.78, 5) is 18.1. The van der Waals surface area contributed by atoms with Gasteiger partial charge in [0.25, 0.3) is 5.91 Å². The number of nitrogens with one attached hydrogen (secondary N) is 1. The van der Waals surface area contributed by atoms with Gasteiger partial charge in [0.05, 0.1) is 12.8 Å². The van der Waals surface area contributed by atoms with Crippen LogP contribution in [0.1, 0.15) is 36.0 Å². The highest BCUT2D eigenvalue weighted by Crippen LogP contribution is 2.46. The van der Waals surface area contributed by atoms with E-state index in [4.69, 9.17) is 4.74 Å². The van der Waals surface area contributed by atoms with Gasteiger partial charge in [-0.3, -0.25) is 9.69 Å². The maximum Gasteiger partial charge on any atom is 0.251 e. The lowest BCUT2D eigenvalue weighted by atomic mass is 10.0. The zero-order valence-corrected chi connectivity index (χ0v) is 20.5. The van der Waals surface area contributed by atoms with E-state index in [1.54, 1.807) is 7.11 Å². The Hall–Kier alpha value is -3.05. The molecule has 5 heteroatoms. The van der Waals surface area contributed by atoms with Crippen LogP contribution in [0.25, 0.3) is 10.8 Å². The molecule has 1 heterocycles. The van der Waals surface area contributed by atoms with E-state index >= 15 is 0 Å². The van der Waals surface area contributed by atoms with Gasteiger partial charge in [0.15, 0.2) is 0 Å². The number of amides is 1. The van der Waals surface area contributed by atoms with Gasteiger partial charge in [0, 0.05) is 43.8 Å². The summed E-state index contributed by atoms with van der Waals surface area (Å²) < 4.78 is 5.57. The number of ether oxygens (including phenoxy) is 1. The van der Waals surface area contributed by atoms with Crippen LogP contribution < -0.4 is 15.0 Å². The Morgan fingerprint density at radius 2 is 1.51 bits per heavy atom. The highest BCUT2D eigenvalue weighted by molar-refractivity contribution is 5.98. The van der Waals surface area contributed by atoms with E-state index in [2.05, 4.69) is 45.4 Å². The normalized spacial score (nSPS) is 26.6. The molecule has 182 valence electrons. The van der Waals surface area contributed by atoms with Gasteiger partial charge in [0.1, 0.15) is 5.75 Å². The lowest BCUT2D eigenvalue weighted by Crippen LogP contribution is -2.50. The third kappa shape index (κ3) is 4.50. The van der Waals surface area contributed by atoms with E-state index in [1.807, 2.05) is 36.4 Å². The van der Waals surface area contributed by atoms with Crippen LogP contribution in [0.2, 0.25) is 0 Å². The van der Waals surface area contributed by atoms with Crippen molar-refractivity contribution in [2.75, 3.05) is 38.2 Å². The second kappa shape index (κ2) is 9.54. The second-order valence-corrected chi connectivity index (χ2v) is 10.5. The smallest absolute Gasteiger partial charge is 0.251 e. The van der Waals surface area contributed by atoms with Gasteiger partial charge >= 0.3 is 0 Å². The lowest BCUT2D eigenvalue weighted by Gasteiger charge is -2.39. The quantitative estimate of drug-likeness (QED) is 0.574. The number of methoxy groups -OCH3 is 1. The Morgan fingerprint density at radius 1 is 0.829 bits per heavy atom. The Balaban J connectivity index is 1.01. The molecule has 6 rings (SSSR count). The molecule has 35 heavy (non-hydrogen) atoms. The first-order valence-electron chi connectivity index (χ1n) is 13.1. The van der Waals surface area contributed by atoms with Crippen molar-refractivity contribution >= 4 is 22.4 Å².